The molecule has 0 unspecified atom stereocenters. The summed E-state index contributed by atoms with van der Waals surface area (Å²) in [6, 6.07) is 15.6. The van der Waals surface area contributed by atoms with Crippen LogP contribution in [0.15, 0.2) is 60.7 Å². The number of carbonyl (C=O) groups is 2. The fraction of sp³-hybridized carbons (Fsp3) is 0.0667. The van der Waals surface area contributed by atoms with E-state index in [1.54, 1.807) is 36.4 Å². The molecule has 0 saturated carbocycles. The van der Waals surface area contributed by atoms with Crippen LogP contribution in [0.25, 0.3) is 0 Å². The lowest BCUT2D eigenvalue weighted by atomic mass is 10.1. The van der Waals surface area contributed by atoms with Crippen molar-refractivity contribution in [2.24, 2.45) is 0 Å². The highest BCUT2D eigenvalue weighted by molar-refractivity contribution is 7.93. The summed E-state index contributed by atoms with van der Waals surface area (Å²) in [6.45, 7) is 0. The van der Waals surface area contributed by atoms with E-state index in [4.69, 9.17) is 0 Å². The van der Waals surface area contributed by atoms with Crippen molar-refractivity contribution in [1.82, 2.24) is 0 Å². The van der Waals surface area contributed by atoms with Crippen LogP contribution in [0.5, 0.6) is 0 Å². The summed E-state index contributed by atoms with van der Waals surface area (Å²) in [5, 5.41) is 0. The van der Waals surface area contributed by atoms with Gasteiger partial charge >= 0.3 is 5.91 Å². The molecule has 5 nitrogen and oxygen atoms in total. The summed E-state index contributed by atoms with van der Waals surface area (Å²) in [7, 11) is -3.91. The van der Waals surface area contributed by atoms with Crippen LogP contribution in [0.3, 0.4) is 0 Å². The zero-order valence-corrected chi connectivity index (χ0v) is 12.1. The van der Waals surface area contributed by atoms with E-state index in [-0.39, 0.29) is 11.3 Å². The third-order valence-electron chi connectivity index (χ3n) is 2.74. The van der Waals surface area contributed by atoms with Crippen LogP contribution < -0.4 is 4.31 Å². The molecule has 6 heteroatoms. The van der Waals surface area contributed by atoms with E-state index in [1.165, 1.54) is 24.3 Å². The SMILES string of the molecule is CS(=O)(=O)N(C(=O)C(=O)c1ccccc1)c1ccccc1. The van der Waals surface area contributed by atoms with Gasteiger partial charge in [-0.25, -0.2) is 12.7 Å². The summed E-state index contributed by atoms with van der Waals surface area (Å²) < 4.78 is 24.2. The van der Waals surface area contributed by atoms with Crippen molar-refractivity contribution < 1.29 is 18.0 Å². The molecule has 0 aromatic heterocycles. The van der Waals surface area contributed by atoms with Crippen molar-refractivity contribution in [2.45, 2.75) is 0 Å². The molecule has 0 fully saturated rings. The number of sulfonamides is 1. The van der Waals surface area contributed by atoms with E-state index < -0.39 is 21.7 Å². The quantitative estimate of drug-likeness (QED) is 0.638. The molecule has 2 aromatic carbocycles. The Morgan fingerprint density at radius 3 is 1.81 bits per heavy atom. The van der Waals surface area contributed by atoms with Gasteiger partial charge in [-0.2, -0.15) is 0 Å². The second-order valence-electron chi connectivity index (χ2n) is 4.36. The summed E-state index contributed by atoms with van der Waals surface area (Å²) in [4.78, 5) is 24.4. The second-order valence-corrected chi connectivity index (χ2v) is 6.19. The van der Waals surface area contributed by atoms with Gasteiger partial charge in [-0.3, -0.25) is 9.59 Å². The molecule has 0 heterocycles. The molecule has 0 saturated heterocycles. The maximum atomic E-state index is 12.3. The van der Waals surface area contributed by atoms with Crippen molar-refractivity contribution in [3.8, 4) is 0 Å². The van der Waals surface area contributed by atoms with E-state index >= 15 is 0 Å². The summed E-state index contributed by atoms with van der Waals surface area (Å²) in [6.07, 6.45) is 0.885. The van der Waals surface area contributed by atoms with Crippen LogP contribution in [-0.4, -0.2) is 26.4 Å². The van der Waals surface area contributed by atoms with Crippen LogP contribution in [0.1, 0.15) is 10.4 Å². The lowest BCUT2D eigenvalue weighted by Gasteiger charge is -2.19. The Hall–Kier alpha value is -2.47. The van der Waals surface area contributed by atoms with E-state index in [0.29, 0.717) is 4.31 Å². The Labute approximate surface area is 122 Å². The Kier molecular flexibility index (Phi) is 4.18. The Morgan fingerprint density at radius 2 is 1.33 bits per heavy atom. The number of Topliss-reactive ketones (excluding diaryl/α,β-unsaturated/α-hetero) is 1. The first-order valence-electron chi connectivity index (χ1n) is 6.10. The number of ketones is 1. The van der Waals surface area contributed by atoms with Crippen LogP contribution in [0.2, 0.25) is 0 Å². The highest BCUT2D eigenvalue weighted by Crippen LogP contribution is 2.18. The van der Waals surface area contributed by atoms with E-state index in [9.17, 15) is 18.0 Å². The summed E-state index contributed by atoms with van der Waals surface area (Å²) in [5.74, 6) is -1.97. The highest BCUT2D eigenvalue weighted by atomic mass is 32.2. The predicted molar refractivity (Wildman–Crippen MR) is 79.5 cm³/mol. The van der Waals surface area contributed by atoms with Gasteiger partial charge in [0.15, 0.2) is 0 Å². The average Bonchev–Trinajstić information content (AvgIpc) is 2.47. The molecule has 108 valence electrons. The number of amides is 1. The number of para-hydroxylation sites is 1. The van der Waals surface area contributed by atoms with Gasteiger partial charge in [0, 0.05) is 5.56 Å². The molecule has 1 amide bonds. The molecule has 0 bridgehead atoms. The third kappa shape index (κ3) is 3.35. The van der Waals surface area contributed by atoms with Crippen LogP contribution >= 0.6 is 0 Å². The number of nitrogens with zero attached hydrogens (tertiary/aromatic N) is 1. The minimum atomic E-state index is -3.91. The van der Waals surface area contributed by atoms with Crippen molar-refractivity contribution in [3.63, 3.8) is 0 Å². The lowest BCUT2D eigenvalue weighted by Crippen LogP contribution is -2.40. The molecule has 0 atom stereocenters. The normalized spacial score (nSPS) is 10.9. The van der Waals surface area contributed by atoms with E-state index in [1.807, 2.05) is 0 Å². The molecular formula is C15H13NO4S. The molecule has 2 rings (SSSR count). The van der Waals surface area contributed by atoms with Gasteiger partial charge in [0.1, 0.15) is 0 Å². The average molecular weight is 303 g/mol. The van der Waals surface area contributed by atoms with Gasteiger partial charge in [-0.05, 0) is 12.1 Å². The zero-order chi connectivity index (χ0) is 15.5. The second kappa shape index (κ2) is 5.88. The van der Waals surface area contributed by atoms with Gasteiger partial charge in [-0.1, -0.05) is 48.5 Å². The highest BCUT2D eigenvalue weighted by Gasteiger charge is 2.31. The van der Waals surface area contributed by atoms with Gasteiger partial charge in [-0.15, -0.1) is 0 Å². The molecule has 0 aliphatic rings. The molecule has 0 N–H and O–H groups in total. The number of benzene rings is 2. The molecule has 2 aromatic rings. The molecule has 0 aliphatic carbocycles. The fourth-order valence-corrected chi connectivity index (χ4v) is 2.72. The van der Waals surface area contributed by atoms with Gasteiger partial charge in [0.2, 0.25) is 10.0 Å². The maximum absolute atomic E-state index is 12.3. The molecular weight excluding hydrogens is 290 g/mol. The fourth-order valence-electron chi connectivity index (χ4n) is 1.83. The van der Waals surface area contributed by atoms with E-state index in [0.717, 1.165) is 6.26 Å². The predicted octanol–water partition coefficient (Wildman–Crippen LogP) is 1.86. The Balaban J connectivity index is 2.44. The minimum Gasteiger partial charge on any atom is -0.283 e. The van der Waals surface area contributed by atoms with Crippen molar-refractivity contribution in [2.75, 3.05) is 10.6 Å². The molecule has 21 heavy (non-hydrogen) atoms. The Bertz CT molecular complexity index is 755. The molecule has 0 radical (unpaired) electrons. The monoisotopic (exact) mass is 303 g/mol. The zero-order valence-electron chi connectivity index (χ0n) is 11.3. The van der Waals surface area contributed by atoms with Crippen LogP contribution in [-0.2, 0) is 14.8 Å². The van der Waals surface area contributed by atoms with Crippen LogP contribution in [0.4, 0.5) is 5.69 Å². The van der Waals surface area contributed by atoms with Gasteiger partial charge < -0.3 is 0 Å². The van der Waals surface area contributed by atoms with Crippen molar-refractivity contribution >= 4 is 27.4 Å². The lowest BCUT2D eigenvalue weighted by molar-refractivity contribution is -0.113. The molecule has 0 spiro atoms. The first-order valence-corrected chi connectivity index (χ1v) is 7.95. The summed E-state index contributed by atoms with van der Waals surface area (Å²) >= 11 is 0. The van der Waals surface area contributed by atoms with Crippen molar-refractivity contribution in [1.29, 1.82) is 0 Å². The van der Waals surface area contributed by atoms with E-state index in [2.05, 4.69) is 0 Å². The third-order valence-corrected chi connectivity index (χ3v) is 3.78. The standard InChI is InChI=1S/C15H13NO4S/c1-21(19,20)16(13-10-6-3-7-11-13)15(18)14(17)12-8-4-2-5-9-12/h2-11H,1H3. The van der Waals surface area contributed by atoms with Crippen LogP contribution in [0, 0.1) is 0 Å². The molecule has 0 aliphatic heterocycles. The number of rotatable bonds is 4. The number of anilines is 1. The first kappa shape index (κ1) is 14.9. The van der Waals surface area contributed by atoms with Gasteiger partial charge in [0.25, 0.3) is 5.78 Å². The number of hydrogen-bond acceptors (Lipinski definition) is 4. The summed E-state index contributed by atoms with van der Waals surface area (Å²) in [5.41, 5.74) is 0.279. The first-order chi connectivity index (χ1) is 9.91. The van der Waals surface area contributed by atoms with Gasteiger partial charge in [0.05, 0.1) is 11.9 Å². The van der Waals surface area contributed by atoms with Crippen molar-refractivity contribution in [3.05, 3.63) is 66.2 Å². The minimum absolute atomic E-state index is 0.134. The largest absolute Gasteiger partial charge is 0.313 e. The topological polar surface area (TPSA) is 71.5 Å². The smallest absolute Gasteiger partial charge is 0.283 e. The Morgan fingerprint density at radius 1 is 0.857 bits per heavy atom. The number of carbonyl (C=O) groups excluding carboxylic acids is 2. The number of hydrogen-bond donors (Lipinski definition) is 0. The maximum Gasteiger partial charge on any atom is 0.313 e.